The van der Waals surface area contributed by atoms with Gasteiger partial charge in [-0.3, -0.25) is 9.69 Å². The van der Waals surface area contributed by atoms with Crippen molar-refractivity contribution >= 4 is 5.91 Å². The van der Waals surface area contributed by atoms with Gasteiger partial charge < -0.3 is 18.9 Å². The van der Waals surface area contributed by atoms with Crippen LogP contribution in [0.1, 0.15) is 33.7 Å². The first-order chi connectivity index (χ1) is 11.1. The Balaban J connectivity index is 1.71. The summed E-state index contributed by atoms with van der Waals surface area (Å²) in [6.07, 6.45) is 1.53. The molecule has 6 nitrogen and oxygen atoms in total. The lowest BCUT2D eigenvalue weighted by atomic mass is 10.1. The lowest BCUT2D eigenvalue weighted by Crippen LogP contribution is -2.43. The molecule has 0 aromatic carbocycles. The molecule has 0 saturated carbocycles. The predicted molar refractivity (Wildman–Crippen MR) is 84.4 cm³/mol. The van der Waals surface area contributed by atoms with Crippen LogP contribution in [0, 0.1) is 13.8 Å². The molecule has 0 aliphatic carbocycles. The van der Waals surface area contributed by atoms with Crippen LogP contribution in [0.5, 0.6) is 0 Å². The summed E-state index contributed by atoms with van der Waals surface area (Å²) >= 11 is 0. The summed E-state index contributed by atoms with van der Waals surface area (Å²) < 4.78 is 16.4. The van der Waals surface area contributed by atoms with E-state index >= 15 is 0 Å². The van der Waals surface area contributed by atoms with Gasteiger partial charge in [0.2, 0.25) is 0 Å². The van der Waals surface area contributed by atoms with Crippen molar-refractivity contribution in [1.29, 1.82) is 0 Å². The molecule has 0 bridgehead atoms. The number of carbonyl (C=O) groups excluding carboxylic acids is 1. The number of rotatable bonds is 5. The number of morpholine rings is 1. The molecule has 2 aromatic rings. The predicted octanol–water partition coefficient (Wildman–Crippen LogP) is 2.29. The standard InChI is InChI=1S/C17H22N2O4/c1-12-5-8-22-16(12)17(20)18-11-14(15-4-3-13(2)23-15)19-6-9-21-10-7-19/h3-5,8,14H,6-7,9-11H2,1-2H3,(H,18,20)/t14-/m1/s1. The number of ether oxygens (including phenoxy) is 1. The first-order valence-electron chi connectivity index (χ1n) is 7.85. The summed E-state index contributed by atoms with van der Waals surface area (Å²) in [5.74, 6) is 1.89. The van der Waals surface area contributed by atoms with E-state index in [9.17, 15) is 4.79 Å². The molecule has 3 rings (SSSR count). The van der Waals surface area contributed by atoms with E-state index in [-0.39, 0.29) is 11.9 Å². The Morgan fingerprint density at radius 3 is 2.65 bits per heavy atom. The third-order valence-electron chi connectivity index (χ3n) is 4.10. The average molecular weight is 318 g/mol. The fraction of sp³-hybridized carbons (Fsp3) is 0.471. The molecular weight excluding hydrogens is 296 g/mol. The van der Waals surface area contributed by atoms with Gasteiger partial charge in [-0.05, 0) is 32.0 Å². The molecule has 2 aromatic heterocycles. The fourth-order valence-corrected chi connectivity index (χ4v) is 2.81. The third-order valence-corrected chi connectivity index (χ3v) is 4.10. The molecule has 1 aliphatic rings. The second-order valence-electron chi connectivity index (χ2n) is 5.76. The maximum Gasteiger partial charge on any atom is 0.287 e. The minimum absolute atomic E-state index is 0.00758. The van der Waals surface area contributed by atoms with E-state index in [0.29, 0.717) is 25.5 Å². The molecule has 23 heavy (non-hydrogen) atoms. The van der Waals surface area contributed by atoms with Gasteiger partial charge in [-0.2, -0.15) is 0 Å². The molecule has 3 heterocycles. The summed E-state index contributed by atoms with van der Waals surface area (Å²) in [6, 6.07) is 5.69. The fourth-order valence-electron chi connectivity index (χ4n) is 2.81. The number of carbonyl (C=O) groups is 1. The van der Waals surface area contributed by atoms with Gasteiger partial charge in [-0.25, -0.2) is 0 Å². The summed E-state index contributed by atoms with van der Waals surface area (Å²) in [4.78, 5) is 14.5. The minimum atomic E-state index is -0.200. The van der Waals surface area contributed by atoms with Crippen LogP contribution in [0.4, 0.5) is 0 Å². The second kappa shape index (κ2) is 7.02. The average Bonchev–Trinajstić information content (AvgIpc) is 3.17. The van der Waals surface area contributed by atoms with Crippen LogP contribution in [0.2, 0.25) is 0 Å². The number of amides is 1. The highest BCUT2D eigenvalue weighted by Gasteiger charge is 2.26. The first kappa shape index (κ1) is 15.8. The zero-order valence-electron chi connectivity index (χ0n) is 13.5. The van der Waals surface area contributed by atoms with E-state index in [2.05, 4.69) is 10.2 Å². The Labute approximate surface area is 135 Å². The lowest BCUT2D eigenvalue weighted by molar-refractivity contribution is 0.0116. The van der Waals surface area contributed by atoms with Gasteiger partial charge in [0.15, 0.2) is 5.76 Å². The van der Waals surface area contributed by atoms with Crippen molar-refractivity contribution in [2.24, 2.45) is 0 Å². The number of aryl methyl sites for hydroxylation is 2. The topological polar surface area (TPSA) is 67.9 Å². The van der Waals surface area contributed by atoms with Crippen molar-refractivity contribution in [3.63, 3.8) is 0 Å². The SMILES string of the molecule is Cc1ccc([C@@H](CNC(=O)c2occc2C)N2CCOCC2)o1. The van der Waals surface area contributed by atoms with E-state index in [0.717, 1.165) is 30.2 Å². The molecule has 0 unspecified atom stereocenters. The van der Waals surface area contributed by atoms with Gasteiger partial charge in [-0.1, -0.05) is 0 Å². The maximum absolute atomic E-state index is 12.3. The maximum atomic E-state index is 12.3. The number of nitrogens with zero attached hydrogens (tertiary/aromatic N) is 1. The highest BCUT2D eigenvalue weighted by Crippen LogP contribution is 2.23. The Morgan fingerprint density at radius 2 is 2.04 bits per heavy atom. The van der Waals surface area contributed by atoms with Crippen LogP contribution >= 0.6 is 0 Å². The van der Waals surface area contributed by atoms with Crippen LogP contribution in [-0.4, -0.2) is 43.7 Å². The van der Waals surface area contributed by atoms with Crippen molar-refractivity contribution in [3.8, 4) is 0 Å². The van der Waals surface area contributed by atoms with E-state index in [1.165, 1.54) is 6.26 Å². The molecule has 1 fully saturated rings. The molecule has 1 atom stereocenters. The molecule has 1 amide bonds. The highest BCUT2D eigenvalue weighted by molar-refractivity contribution is 5.92. The molecular formula is C17H22N2O4. The highest BCUT2D eigenvalue weighted by atomic mass is 16.5. The Bertz CT molecular complexity index is 655. The van der Waals surface area contributed by atoms with E-state index < -0.39 is 0 Å². The van der Waals surface area contributed by atoms with Gasteiger partial charge >= 0.3 is 0 Å². The quantitative estimate of drug-likeness (QED) is 0.916. The summed E-state index contributed by atoms with van der Waals surface area (Å²) in [6.45, 7) is 7.27. The summed E-state index contributed by atoms with van der Waals surface area (Å²) in [7, 11) is 0. The van der Waals surface area contributed by atoms with Crippen molar-refractivity contribution in [1.82, 2.24) is 10.2 Å². The van der Waals surface area contributed by atoms with Crippen LogP contribution in [0.3, 0.4) is 0 Å². The third kappa shape index (κ3) is 3.65. The monoisotopic (exact) mass is 318 g/mol. The zero-order valence-corrected chi connectivity index (χ0v) is 13.5. The van der Waals surface area contributed by atoms with Gasteiger partial charge in [0, 0.05) is 25.2 Å². The number of furan rings is 2. The van der Waals surface area contributed by atoms with Crippen LogP contribution in [0.25, 0.3) is 0 Å². The summed E-state index contributed by atoms with van der Waals surface area (Å²) in [5.41, 5.74) is 0.833. The van der Waals surface area contributed by atoms with Crippen molar-refractivity contribution in [2.75, 3.05) is 32.8 Å². The van der Waals surface area contributed by atoms with E-state index in [1.807, 2.05) is 26.0 Å². The van der Waals surface area contributed by atoms with Gasteiger partial charge in [0.25, 0.3) is 5.91 Å². The lowest BCUT2D eigenvalue weighted by Gasteiger charge is -2.33. The second-order valence-corrected chi connectivity index (χ2v) is 5.76. The Morgan fingerprint density at radius 1 is 1.26 bits per heavy atom. The normalized spacial score (nSPS) is 17.1. The number of hydrogen-bond acceptors (Lipinski definition) is 5. The Kier molecular flexibility index (Phi) is 4.83. The molecule has 0 spiro atoms. The minimum Gasteiger partial charge on any atom is -0.465 e. The van der Waals surface area contributed by atoms with Crippen molar-refractivity contribution < 1.29 is 18.4 Å². The molecule has 6 heteroatoms. The smallest absolute Gasteiger partial charge is 0.287 e. The van der Waals surface area contributed by atoms with E-state index in [1.54, 1.807) is 6.07 Å². The molecule has 1 N–H and O–H groups in total. The molecule has 0 radical (unpaired) electrons. The molecule has 1 aliphatic heterocycles. The first-order valence-corrected chi connectivity index (χ1v) is 7.85. The number of nitrogens with one attached hydrogen (secondary N) is 1. The summed E-state index contributed by atoms with van der Waals surface area (Å²) in [5, 5.41) is 2.96. The molecule has 1 saturated heterocycles. The van der Waals surface area contributed by atoms with E-state index in [4.69, 9.17) is 13.6 Å². The van der Waals surface area contributed by atoms with Gasteiger partial charge in [-0.15, -0.1) is 0 Å². The largest absolute Gasteiger partial charge is 0.465 e. The van der Waals surface area contributed by atoms with Crippen LogP contribution in [-0.2, 0) is 4.74 Å². The number of hydrogen-bond donors (Lipinski definition) is 1. The van der Waals surface area contributed by atoms with Crippen LogP contribution in [0.15, 0.2) is 33.3 Å². The zero-order chi connectivity index (χ0) is 16.2. The van der Waals surface area contributed by atoms with Gasteiger partial charge in [0.1, 0.15) is 11.5 Å². The van der Waals surface area contributed by atoms with Crippen molar-refractivity contribution in [2.45, 2.75) is 19.9 Å². The Hall–Kier alpha value is -2.05. The van der Waals surface area contributed by atoms with Gasteiger partial charge in [0.05, 0.1) is 25.5 Å². The molecule has 124 valence electrons. The van der Waals surface area contributed by atoms with Crippen molar-refractivity contribution in [3.05, 3.63) is 47.3 Å². The van der Waals surface area contributed by atoms with Crippen LogP contribution < -0.4 is 5.32 Å².